The van der Waals surface area contributed by atoms with Crippen molar-refractivity contribution >= 4 is 23.2 Å². The van der Waals surface area contributed by atoms with E-state index in [0.29, 0.717) is 24.5 Å². The van der Waals surface area contributed by atoms with Crippen LogP contribution in [0, 0.1) is 17.8 Å². The molecule has 0 spiro atoms. The Bertz CT molecular complexity index is 559. The summed E-state index contributed by atoms with van der Waals surface area (Å²) in [5, 5.41) is 15.7. The largest absolute Gasteiger partial charge is 0.480 e. The Hall–Kier alpha value is -1.40. The van der Waals surface area contributed by atoms with Gasteiger partial charge in [-0.3, -0.25) is 4.79 Å². The molecule has 1 heterocycles. The highest BCUT2D eigenvalue weighted by Gasteiger charge is 2.47. The molecule has 0 saturated heterocycles. The third kappa shape index (κ3) is 4.16. The van der Waals surface area contributed by atoms with Crippen LogP contribution in [0.5, 0.6) is 0 Å². The molecule has 2 aliphatic rings. The van der Waals surface area contributed by atoms with E-state index in [9.17, 15) is 9.59 Å². The summed E-state index contributed by atoms with van der Waals surface area (Å²) in [4.78, 5) is 22.8. The number of nitrogens with one attached hydrogen (secondary N) is 1. The molecule has 1 aromatic rings. The average molecular weight is 351 g/mol. The molecule has 2 aliphatic carbocycles. The minimum atomic E-state index is -0.917. The van der Waals surface area contributed by atoms with Gasteiger partial charge in [-0.1, -0.05) is 6.42 Å². The van der Waals surface area contributed by atoms with E-state index in [1.165, 1.54) is 19.3 Å². The number of ether oxygens (including phenoxy) is 1. The van der Waals surface area contributed by atoms with Crippen LogP contribution in [0.4, 0.5) is 0 Å². The minimum Gasteiger partial charge on any atom is -0.480 e. The SMILES string of the molecule is O=C(O)COCCCCC1C2CCC(C2)C1NC(=O)c1ccsc1. The molecular weight excluding hydrogens is 326 g/mol. The number of hydrogen-bond donors (Lipinski definition) is 2. The van der Waals surface area contributed by atoms with Gasteiger partial charge in [0.1, 0.15) is 6.61 Å². The number of hydrogen-bond acceptors (Lipinski definition) is 4. The summed E-state index contributed by atoms with van der Waals surface area (Å²) in [7, 11) is 0. The molecular formula is C18H25NO4S. The highest BCUT2D eigenvalue weighted by Crippen LogP contribution is 2.50. The van der Waals surface area contributed by atoms with E-state index >= 15 is 0 Å². The van der Waals surface area contributed by atoms with Crippen molar-refractivity contribution in [3.63, 3.8) is 0 Å². The van der Waals surface area contributed by atoms with Gasteiger partial charge in [-0.05, 0) is 61.3 Å². The molecule has 24 heavy (non-hydrogen) atoms. The van der Waals surface area contributed by atoms with E-state index in [4.69, 9.17) is 9.84 Å². The summed E-state index contributed by atoms with van der Waals surface area (Å²) in [6.07, 6.45) is 6.76. The molecule has 4 atom stereocenters. The van der Waals surface area contributed by atoms with E-state index in [1.807, 2.05) is 16.8 Å². The maximum Gasteiger partial charge on any atom is 0.329 e. The van der Waals surface area contributed by atoms with Crippen LogP contribution in [-0.4, -0.2) is 36.2 Å². The van der Waals surface area contributed by atoms with Gasteiger partial charge in [0, 0.05) is 23.6 Å². The predicted molar refractivity (Wildman–Crippen MR) is 92.2 cm³/mol. The topological polar surface area (TPSA) is 75.6 Å². The smallest absolute Gasteiger partial charge is 0.329 e. The minimum absolute atomic E-state index is 0.0589. The number of unbranched alkanes of at least 4 members (excludes halogenated alkanes) is 1. The number of aliphatic carboxylic acids is 1. The van der Waals surface area contributed by atoms with Crippen LogP contribution in [-0.2, 0) is 9.53 Å². The monoisotopic (exact) mass is 351 g/mol. The first kappa shape index (κ1) is 17.4. The second-order valence-corrected chi connectivity index (χ2v) is 7.73. The van der Waals surface area contributed by atoms with Crippen LogP contribution in [0.3, 0.4) is 0 Å². The summed E-state index contributed by atoms with van der Waals surface area (Å²) in [6, 6.07) is 2.18. The lowest BCUT2D eigenvalue weighted by molar-refractivity contribution is -0.142. The molecule has 1 aromatic heterocycles. The molecule has 132 valence electrons. The summed E-state index contributed by atoms with van der Waals surface area (Å²) < 4.78 is 5.09. The van der Waals surface area contributed by atoms with E-state index in [0.717, 1.165) is 30.7 Å². The zero-order chi connectivity index (χ0) is 16.9. The zero-order valence-electron chi connectivity index (χ0n) is 13.8. The first-order valence-corrected chi connectivity index (χ1v) is 9.72. The van der Waals surface area contributed by atoms with Gasteiger partial charge < -0.3 is 15.2 Å². The Kier molecular flexibility index (Phi) is 5.89. The molecule has 2 bridgehead atoms. The quantitative estimate of drug-likeness (QED) is 0.670. The Morgan fingerprint density at radius 2 is 2.12 bits per heavy atom. The third-order valence-corrected chi connectivity index (χ3v) is 6.15. The fourth-order valence-electron chi connectivity index (χ4n) is 4.42. The molecule has 2 saturated carbocycles. The number of carbonyl (C=O) groups is 2. The maximum atomic E-state index is 12.4. The van der Waals surface area contributed by atoms with Gasteiger partial charge in [-0.15, -0.1) is 0 Å². The lowest BCUT2D eigenvalue weighted by atomic mass is 9.81. The second-order valence-electron chi connectivity index (χ2n) is 6.95. The van der Waals surface area contributed by atoms with Gasteiger partial charge in [-0.2, -0.15) is 11.3 Å². The van der Waals surface area contributed by atoms with Crippen molar-refractivity contribution in [2.45, 2.75) is 44.6 Å². The number of fused-ring (bicyclic) bond motifs is 2. The number of rotatable bonds is 9. The Morgan fingerprint density at radius 3 is 2.88 bits per heavy atom. The van der Waals surface area contributed by atoms with Crippen LogP contribution in [0.15, 0.2) is 16.8 Å². The number of thiophene rings is 1. The normalized spacial score (nSPS) is 28.2. The maximum absolute atomic E-state index is 12.4. The lowest BCUT2D eigenvalue weighted by Gasteiger charge is -2.32. The Labute approximate surface area is 146 Å². The summed E-state index contributed by atoms with van der Waals surface area (Å²) in [6.45, 7) is 0.284. The number of carbonyl (C=O) groups excluding carboxylic acids is 1. The highest BCUT2D eigenvalue weighted by atomic mass is 32.1. The van der Waals surface area contributed by atoms with Gasteiger partial charge in [0.05, 0.1) is 0 Å². The van der Waals surface area contributed by atoms with Crippen molar-refractivity contribution in [1.82, 2.24) is 5.32 Å². The molecule has 6 heteroatoms. The Balaban J connectivity index is 1.46. The van der Waals surface area contributed by atoms with Crippen molar-refractivity contribution in [3.8, 4) is 0 Å². The van der Waals surface area contributed by atoms with E-state index in [2.05, 4.69) is 5.32 Å². The molecule has 2 N–H and O–H groups in total. The molecule has 2 fully saturated rings. The van der Waals surface area contributed by atoms with E-state index in [1.54, 1.807) is 11.3 Å². The summed E-state index contributed by atoms with van der Waals surface area (Å²) in [5.41, 5.74) is 0.767. The molecule has 1 amide bonds. The summed E-state index contributed by atoms with van der Waals surface area (Å²) in [5.74, 6) is 1.07. The van der Waals surface area contributed by atoms with Crippen molar-refractivity contribution in [2.24, 2.45) is 17.8 Å². The molecule has 4 unspecified atom stereocenters. The molecule has 5 nitrogen and oxygen atoms in total. The number of carboxylic acids is 1. The van der Waals surface area contributed by atoms with Gasteiger partial charge in [0.25, 0.3) is 5.91 Å². The van der Waals surface area contributed by atoms with Crippen LogP contribution >= 0.6 is 11.3 Å². The molecule has 3 rings (SSSR count). The molecule has 0 aliphatic heterocycles. The fraction of sp³-hybridized carbons (Fsp3) is 0.667. The van der Waals surface area contributed by atoms with Crippen LogP contribution in [0.2, 0.25) is 0 Å². The van der Waals surface area contributed by atoms with Crippen LogP contribution < -0.4 is 5.32 Å². The van der Waals surface area contributed by atoms with Gasteiger partial charge in [0.2, 0.25) is 0 Å². The van der Waals surface area contributed by atoms with Crippen LogP contribution in [0.1, 0.15) is 48.9 Å². The first-order valence-electron chi connectivity index (χ1n) is 8.77. The van der Waals surface area contributed by atoms with Crippen molar-refractivity contribution in [3.05, 3.63) is 22.4 Å². The highest BCUT2D eigenvalue weighted by molar-refractivity contribution is 7.08. The van der Waals surface area contributed by atoms with Gasteiger partial charge in [-0.25, -0.2) is 4.79 Å². The zero-order valence-corrected chi connectivity index (χ0v) is 14.6. The van der Waals surface area contributed by atoms with Crippen molar-refractivity contribution in [2.75, 3.05) is 13.2 Å². The van der Waals surface area contributed by atoms with Crippen LogP contribution in [0.25, 0.3) is 0 Å². The van der Waals surface area contributed by atoms with Crippen molar-refractivity contribution < 1.29 is 19.4 Å². The molecule has 0 radical (unpaired) electrons. The van der Waals surface area contributed by atoms with E-state index < -0.39 is 5.97 Å². The Morgan fingerprint density at radius 1 is 1.29 bits per heavy atom. The molecule has 0 aromatic carbocycles. The van der Waals surface area contributed by atoms with E-state index in [-0.39, 0.29) is 12.5 Å². The lowest BCUT2D eigenvalue weighted by Crippen LogP contribution is -2.43. The summed E-state index contributed by atoms with van der Waals surface area (Å²) >= 11 is 1.55. The predicted octanol–water partition coefficient (Wildman–Crippen LogP) is 3.16. The number of amides is 1. The first-order chi connectivity index (χ1) is 11.6. The van der Waals surface area contributed by atoms with Crippen molar-refractivity contribution in [1.29, 1.82) is 0 Å². The average Bonchev–Trinajstić information content (AvgIpc) is 3.28. The van der Waals surface area contributed by atoms with Gasteiger partial charge >= 0.3 is 5.97 Å². The fourth-order valence-corrected chi connectivity index (χ4v) is 5.06. The number of carboxylic acid groups (broad SMARTS) is 1. The third-order valence-electron chi connectivity index (χ3n) is 5.47. The van der Waals surface area contributed by atoms with Gasteiger partial charge in [0.15, 0.2) is 0 Å². The second kappa shape index (κ2) is 8.12. The standard InChI is InChI=1S/C18H25NO4S/c20-16(21)10-23-7-2-1-3-15-12-4-5-13(9-12)17(15)19-18(22)14-6-8-24-11-14/h6,8,11-13,15,17H,1-5,7,9-10H2,(H,19,22)(H,20,21).